The zero-order chi connectivity index (χ0) is 17.6. The van der Waals surface area contributed by atoms with Crippen molar-refractivity contribution in [2.24, 2.45) is 11.8 Å². The molecule has 3 N–H and O–H groups in total. The molecule has 6 heteroatoms. The fraction of sp³-hybridized carbons (Fsp3) is 0.579. The largest absolute Gasteiger partial charge is 0.352 e. The molecule has 2 fully saturated rings. The Morgan fingerprint density at radius 1 is 1.20 bits per heavy atom. The van der Waals surface area contributed by atoms with Crippen LogP contribution in [0.4, 0.5) is 5.69 Å². The predicted molar refractivity (Wildman–Crippen MR) is 98.6 cm³/mol. The van der Waals surface area contributed by atoms with E-state index in [0.717, 1.165) is 51.3 Å². The number of anilines is 1. The molecule has 2 unspecified atom stereocenters. The Labute approximate surface area is 149 Å². The first-order valence-electron chi connectivity index (χ1n) is 9.25. The summed E-state index contributed by atoms with van der Waals surface area (Å²) in [7, 11) is 0. The molecule has 1 aliphatic carbocycles. The molecule has 25 heavy (non-hydrogen) atoms. The highest BCUT2D eigenvalue weighted by atomic mass is 16.2. The number of hydrogen-bond donors (Lipinski definition) is 3. The lowest BCUT2D eigenvalue weighted by atomic mass is 10.2. The van der Waals surface area contributed by atoms with Crippen LogP contribution >= 0.6 is 0 Å². The molecule has 3 rings (SSSR count). The van der Waals surface area contributed by atoms with Crippen molar-refractivity contribution < 1.29 is 9.59 Å². The van der Waals surface area contributed by atoms with Gasteiger partial charge in [0.05, 0.1) is 0 Å². The van der Waals surface area contributed by atoms with Crippen molar-refractivity contribution in [1.29, 1.82) is 0 Å². The number of piperazine rings is 1. The fourth-order valence-electron chi connectivity index (χ4n) is 3.17. The lowest BCUT2D eigenvalue weighted by Gasteiger charge is -2.27. The van der Waals surface area contributed by atoms with Crippen molar-refractivity contribution in [3.8, 4) is 0 Å². The lowest BCUT2D eigenvalue weighted by Crippen LogP contribution is -2.44. The summed E-state index contributed by atoms with van der Waals surface area (Å²) in [5.74, 6) is 0.663. The summed E-state index contributed by atoms with van der Waals surface area (Å²) in [5.41, 5.74) is 1.37. The van der Waals surface area contributed by atoms with Crippen LogP contribution in [0.3, 0.4) is 0 Å². The predicted octanol–water partition coefficient (Wildman–Crippen LogP) is 1.31. The summed E-state index contributed by atoms with van der Waals surface area (Å²) >= 11 is 0. The van der Waals surface area contributed by atoms with Crippen LogP contribution in [0.2, 0.25) is 0 Å². The molecule has 0 radical (unpaired) electrons. The quantitative estimate of drug-likeness (QED) is 0.652. The third kappa shape index (κ3) is 5.28. The lowest BCUT2D eigenvalue weighted by molar-refractivity contribution is -0.117. The minimum atomic E-state index is -0.0611. The van der Waals surface area contributed by atoms with Crippen molar-refractivity contribution in [1.82, 2.24) is 15.5 Å². The Hall–Kier alpha value is -1.92. The molecule has 1 heterocycles. The molecule has 1 saturated carbocycles. The second kappa shape index (κ2) is 8.45. The average Bonchev–Trinajstić information content (AvgIpc) is 3.37. The molecule has 1 saturated heterocycles. The summed E-state index contributed by atoms with van der Waals surface area (Å²) in [4.78, 5) is 26.5. The highest BCUT2D eigenvalue weighted by molar-refractivity contribution is 5.96. The maximum absolute atomic E-state index is 12.2. The van der Waals surface area contributed by atoms with Gasteiger partial charge in [0.1, 0.15) is 0 Å². The summed E-state index contributed by atoms with van der Waals surface area (Å²) in [6.45, 7) is 8.05. The summed E-state index contributed by atoms with van der Waals surface area (Å²) in [6, 6.07) is 7.11. The van der Waals surface area contributed by atoms with E-state index in [1.807, 2.05) is 0 Å². The van der Waals surface area contributed by atoms with Gasteiger partial charge in [0.15, 0.2) is 0 Å². The summed E-state index contributed by atoms with van der Waals surface area (Å²) in [6.07, 6.45) is 1.93. The van der Waals surface area contributed by atoms with Gasteiger partial charge < -0.3 is 20.9 Å². The number of nitrogens with zero attached hydrogens (tertiary/aromatic N) is 1. The number of benzene rings is 1. The molecule has 0 spiro atoms. The van der Waals surface area contributed by atoms with E-state index >= 15 is 0 Å². The monoisotopic (exact) mass is 344 g/mol. The summed E-state index contributed by atoms with van der Waals surface area (Å²) in [5, 5.41) is 9.21. The van der Waals surface area contributed by atoms with Gasteiger partial charge in [-0.15, -0.1) is 0 Å². The molecule has 2 aliphatic rings. The van der Waals surface area contributed by atoms with Crippen LogP contribution in [-0.4, -0.2) is 56.0 Å². The minimum absolute atomic E-state index is 0.0611. The van der Waals surface area contributed by atoms with Gasteiger partial charge in [0.2, 0.25) is 5.91 Å². The van der Waals surface area contributed by atoms with E-state index < -0.39 is 0 Å². The van der Waals surface area contributed by atoms with Gasteiger partial charge in [-0.05, 0) is 49.6 Å². The third-order valence-electron chi connectivity index (χ3n) is 5.01. The van der Waals surface area contributed by atoms with E-state index in [4.69, 9.17) is 0 Å². The van der Waals surface area contributed by atoms with Gasteiger partial charge in [-0.25, -0.2) is 0 Å². The van der Waals surface area contributed by atoms with E-state index in [1.165, 1.54) is 0 Å². The van der Waals surface area contributed by atoms with Crippen molar-refractivity contribution >= 4 is 17.5 Å². The van der Waals surface area contributed by atoms with Crippen LogP contribution in [0, 0.1) is 11.8 Å². The highest BCUT2D eigenvalue weighted by Crippen LogP contribution is 2.38. The minimum Gasteiger partial charge on any atom is -0.352 e. The Morgan fingerprint density at radius 2 is 1.88 bits per heavy atom. The van der Waals surface area contributed by atoms with Gasteiger partial charge in [-0.2, -0.15) is 0 Å². The first-order valence-corrected chi connectivity index (χ1v) is 9.25. The third-order valence-corrected chi connectivity index (χ3v) is 5.01. The summed E-state index contributed by atoms with van der Waals surface area (Å²) < 4.78 is 0. The second-order valence-electron chi connectivity index (χ2n) is 7.09. The van der Waals surface area contributed by atoms with Crippen LogP contribution in [0.1, 0.15) is 30.1 Å². The maximum atomic E-state index is 12.2. The van der Waals surface area contributed by atoms with E-state index in [0.29, 0.717) is 18.0 Å². The van der Waals surface area contributed by atoms with Crippen LogP contribution < -0.4 is 16.0 Å². The van der Waals surface area contributed by atoms with Crippen LogP contribution in [-0.2, 0) is 4.79 Å². The van der Waals surface area contributed by atoms with Gasteiger partial charge >= 0.3 is 0 Å². The van der Waals surface area contributed by atoms with Crippen molar-refractivity contribution in [2.45, 2.75) is 19.8 Å². The van der Waals surface area contributed by atoms with E-state index in [-0.39, 0.29) is 17.7 Å². The maximum Gasteiger partial charge on any atom is 0.251 e. The number of amides is 2. The van der Waals surface area contributed by atoms with Crippen LogP contribution in [0.25, 0.3) is 0 Å². The average molecular weight is 344 g/mol. The smallest absolute Gasteiger partial charge is 0.251 e. The molecule has 0 aromatic heterocycles. The Bertz CT molecular complexity index is 596. The van der Waals surface area contributed by atoms with Gasteiger partial charge in [0.25, 0.3) is 5.91 Å². The van der Waals surface area contributed by atoms with E-state index in [1.54, 1.807) is 24.3 Å². The van der Waals surface area contributed by atoms with Gasteiger partial charge in [-0.1, -0.05) is 6.92 Å². The molecule has 2 atom stereocenters. The number of carbonyl (C=O) groups excluding carboxylic acids is 2. The number of nitrogens with one attached hydrogen (secondary N) is 3. The molecular weight excluding hydrogens is 316 g/mol. The molecule has 6 nitrogen and oxygen atoms in total. The topological polar surface area (TPSA) is 73.5 Å². The Kier molecular flexibility index (Phi) is 6.04. The standard InChI is InChI=1S/C19H28N4O2/c1-14-13-17(14)19(25)22-16-5-3-15(4-6-16)18(24)21-7-2-10-23-11-8-20-9-12-23/h3-6,14,17,20H,2,7-13H2,1H3,(H,21,24)(H,22,25). The van der Waals surface area contributed by atoms with Gasteiger partial charge in [-0.3, -0.25) is 9.59 Å². The molecule has 1 aliphatic heterocycles. The number of hydrogen-bond acceptors (Lipinski definition) is 4. The number of carbonyl (C=O) groups is 2. The molecule has 1 aromatic rings. The molecule has 0 bridgehead atoms. The van der Waals surface area contributed by atoms with Crippen molar-refractivity contribution in [2.75, 3.05) is 44.6 Å². The normalized spacial score (nSPS) is 23.1. The zero-order valence-electron chi connectivity index (χ0n) is 14.9. The SMILES string of the molecule is CC1CC1C(=O)Nc1ccc(C(=O)NCCCN2CCNCC2)cc1. The fourth-order valence-corrected chi connectivity index (χ4v) is 3.17. The van der Waals surface area contributed by atoms with E-state index in [9.17, 15) is 9.59 Å². The van der Waals surface area contributed by atoms with Crippen LogP contribution in [0.15, 0.2) is 24.3 Å². The Morgan fingerprint density at radius 3 is 2.52 bits per heavy atom. The number of rotatable bonds is 7. The molecular formula is C19H28N4O2. The molecule has 136 valence electrons. The van der Waals surface area contributed by atoms with Gasteiger partial charge in [0, 0.05) is 49.9 Å². The highest BCUT2D eigenvalue weighted by Gasteiger charge is 2.39. The molecule has 1 aromatic carbocycles. The van der Waals surface area contributed by atoms with Crippen molar-refractivity contribution in [3.63, 3.8) is 0 Å². The van der Waals surface area contributed by atoms with E-state index in [2.05, 4.69) is 27.8 Å². The Balaban J connectivity index is 1.37. The van der Waals surface area contributed by atoms with Crippen molar-refractivity contribution in [3.05, 3.63) is 29.8 Å². The first kappa shape index (κ1) is 17.9. The first-order chi connectivity index (χ1) is 12.1. The molecule has 2 amide bonds. The zero-order valence-corrected chi connectivity index (χ0v) is 14.9. The van der Waals surface area contributed by atoms with Crippen LogP contribution in [0.5, 0.6) is 0 Å². The second-order valence-corrected chi connectivity index (χ2v) is 7.09.